The summed E-state index contributed by atoms with van der Waals surface area (Å²) >= 11 is 2.05. The quantitative estimate of drug-likeness (QED) is 0.840. The number of carbonyl (C=O) groups is 1. The minimum Gasteiger partial charge on any atom is -0.467 e. The number of hydrogen-bond acceptors (Lipinski definition) is 4. The van der Waals surface area contributed by atoms with Crippen molar-refractivity contribution in [1.29, 1.82) is 0 Å². The Morgan fingerprint density at radius 1 is 1.55 bits per heavy atom. The second-order valence-corrected chi connectivity index (χ2v) is 6.89. The first-order chi connectivity index (χ1) is 9.69. The minimum atomic E-state index is 0.0653. The molecular formula is C15H24N2O2S. The lowest BCUT2D eigenvalue weighted by Gasteiger charge is -2.23. The highest BCUT2D eigenvalue weighted by molar-refractivity contribution is 7.99. The zero-order chi connectivity index (χ0) is 14.4. The van der Waals surface area contributed by atoms with Gasteiger partial charge in [-0.25, -0.2) is 0 Å². The van der Waals surface area contributed by atoms with Crippen LogP contribution in [-0.2, 0) is 11.3 Å². The number of nitrogens with one attached hydrogen (secondary N) is 1. The average Bonchev–Trinajstić information content (AvgIpc) is 3.08. The predicted octanol–water partition coefficient (Wildman–Crippen LogP) is 2.50. The minimum absolute atomic E-state index is 0.0653. The molecule has 0 spiro atoms. The molecule has 5 heteroatoms. The van der Waals surface area contributed by atoms with Gasteiger partial charge in [0, 0.05) is 11.3 Å². The van der Waals surface area contributed by atoms with Gasteiger partial charge in [0.2, 0.25) is 5.91 Å². The Morgan fingerprint density at radius 2 is 2.40 bits per heavy atom. The highest BCUT2D eigenvalue weighted by Gasteiger charge is 2.28. The zero-order valence-corrected chi connectivity index (χ0v) is 13.1. The normalized spacial score (nSPS) is 22.4. The van der Waals surface area contributed by atoms with Crippen LogP contribution in [0.5, 0.6) is 0 Å². The van der Waals surface area contributed by atoms with Gasteiger partial charge >= 0.3 is 0 Å². The summed E-state index contributed by atoms with van der Waals surface area (Å²) in [4.78, 5) is 14.1. The molecule has 112 valence electrons. The summed E-state index contributed by atoms with van der Waals surface area (Å²) in [5.74, 6) is 2.04. The van der Waals surface area contributed by atoms with E-state index >= 15 is 0 Å². The SMILES string of the molecule is CCS[C@@H]1CC[C@@H](N(C)CC(=O)NCc2ccco2)C1. The highest BCUT2D eigenvalue weighted by atomic mass is 32.2. The van der Waals surface area contributed by atoms with E-state index in [0.29, 0.717) is 19.1 Å². The van der Waals surface area contributed by atoms with Gasteiger partial charge in [0.25, 0.3) is 0 Å². The lowest BCUT2D eigenvalue weighted by molar-refractivity contribution is -0.122. The summed E-state index contributed by atoms with van der Waals surface area (Å²) in [5.41, 5.74) is 0. The molecule has 1 fully saturated rings. The van der Waals surface area contributed by atoms with Crippen molar-refractivity contribution in [2.24, 2.45) is 0 Å². The Balaban J connectivity index is 1.68. The Labute approximate surface area is 125 Å². The maximum Gasteiger partial charge on any atom is 0.234 e. The van der Waals surface area contributed by atoms with Crippen LogP contribution in [0.15, 0.2) is 22.8 Å². The molecule has 1 aliphatic rings. The highest BCUT2D eigenvalue weighted by Crippen LogP contribution is 2.31. The number of amides is 1. The van der Waals surface area contributed by atoms with Crippen molar-refractivity contribution in [1.82, 2.24) is 10.2 Å². The van der Waals surface area contributed by atoms with E-state index in [0.717, 1.165) is 11.0 Å². The third-order valence-corrected chi connectivity index (χ3v) is 5.05. The van der Waals surface area contributed by atoms with E-state index in [9.17, 15) is 4.79 Å². The largest absolute Gasteiger partial charge is 0.467 e. The smallest absolute Gasteiger partial charge is 0.234 e. The number of likely N-dealkylation sites (N-methyl/N-ethyl adjacent to an activating group) is 1. The number of rotatable bonds is 7. The summed E-state index contributed by atoms with van der Waals surface area (Å²) in [5, 5.41) is 3.67. The van der Waals surface area contributed by atoms with Crippen molar-refractivity contribution < 1.29 is 9.21 Å². The summed E-state index contributed by atoms with van der Waals surface area (Å²) in [6, 6.07) is 4.25. The molecule has 1 saturated carbocycles. The Morgan fingerprint density at radius 3 is 3.10 bits per heavy atom. The third-order valence-electron chi connectivity index (χ3n) is 3.82. The second-order valence-electron chi connectivity index (χ2n) is 5.32. The molecule has 0 unspecified atom stereocenters. The molecule has 1 heterocycles. The first kappa shape index (κ1) is 15.4. The van der Waals surface area contributed by atoms with Gasteiger partial charge in [0.1, 0.15) is 5.76 Å². The lowest BCUT2D eigenvalue weighted by Crippen LogP contribution is -2.39. The number of furan rings is 1. The molecule has 0 aliphatic heterocycles. The van der Waals surface area contributed by atoms with Crippen LogP contribution in [0, 0.1) is 0 Å². The van der Waals surface area contributed by atoms with Gasteiger partial charge in [-0.05, 0) is 44.2 Å². The molecule has 1 aromatic rings. The first-order valence-electron chi connectivity index (χ1n) is 7.30. The number of thioether (sulfide) groups is 1. The van der Waals surface area contributed by atoms with E-state index in [1.54, 1.807) is 6.26 Å². The second kappa shape index (κ2) is 7.74. The van der Waals surface area contributed by atoms with Crippen molar-refractivity contribution in [3.63, 3.8) is 0 Å². The molecule has 0 aromatic carbocycles. The lowest BCUT2D eigenvalue weighted by atomic mass is 10.2. The molecule has 20 heavy (non-hydrogen) atoms. The maximum absolute atomic E-state index is 11.9. The molecular weight excluding hydrogens is 272 g/mol. The molecule has 2 atom stereocenters. The van der Waals surface area contributed by atoms with Gasteiger partial charge in [0.05, 0.1) is 19.4 Å². The third kappa shape index (κ3) is 4.56. The zero-order valence-electron chi connectivity index (χ0n) is 12.3. The Hall–Kier alpha value is -0.940. The van der Waals surface area contributed by atoms with Crippen molar-refractivity contribution >= 4 is 17.7 Å². The molecule has 1 amide bonds. The van der Waals surface area contributed by atoms with Crippen LogP contribution in [0.1, 0.15) is 31.9 Å². The van der Waals surface area contributed by atoms with Gasteiger partial charge < -0.3 is 9.73 Å². The molecule has 0 radical (unpaired) electrons. The fourth-order valence-electron chi connectivity index (χ4n) is 2.72. The molecule has 0 bridgehead atoms. The van der Waals surface area contributed by atoms with Crippen molar-refractivity contribution in [2.45, 2.75) is 44.0 Å². The van der Waals surface area contributed by atoms with Crippen molar-refractivity contribution in [3.05, 3.63) is 24.2 Å². The molecule has 0 saturated heterocycles. The van der Waals surface area contributed by atoms with Crippen LogP contribution in [0.2, 0.25) is 0 Å². The molecule has 1 N–H and O–H groups in total. The van der Waals surface area contributed by atoms with Crippen molar-refractivity contribution in [2.75, 3.05) is 19.3 Å². The van der Waals surface area contributed by atoms with Gasteiger partial charge in [0.15, 0.2) is 0 Å². The fourth-order valence-corrected chi connectivity index (χ4v) is 3.85. The summed E-state index contributed by atoms with van der Waals surface area (Å²) in [6.07, 6.45) is 5.32. The number of nitrogens with zero attached hydrogens (tertiary/aromatic N) is 1. The summed E-state index contributed by atoms with van der Waals surface area (Å²) in [7, 11) is 2.05. The van der Waals surface area contributed by atoms with Crippen molar-refractivity contribution in [3.8, 4) is 0 Å². The molecule has 4 nitrogen and oxygen atoms in total. The standard InChI is InChI=1S/C15H24N2O2S/c1-3-20-14-7-6-12(9-14)17(2)11-15(18)16-10-13-5-4-8-19-13/h4-5,8,12,14H,3,6-7,9-11H2,1-2H3,(H,16,18)/t12-,14-/m1/s1. The van der Waals surface area contributed by atoms with Crippen LogP contribution in [0.4, 0.5) is 0 Å². The molecule has 1 aliphatic carbocycles. The topological polar surface area (TPSA) is 45.5 Å². The van der Waals surface area contributed by atoms with Gasteiger partial charge in [-0.15, -0.1) is 0 Å². The van der Waals surface area contributed by atoms with Gasteiger partial charge in [-0.3, -0.25) is 9.69 Å². The summed E-state index contributed by atoms with van der Waals surface area (Å²) in [6.45, 7) is 3.15. The van der Waals surface area contributed by atoms with E-state index in [4.69, 9.17) is 4.42 Å². The molecule has 2 rings (SSSR count). The van der Waals surface area contributed by atoms with E-state index in [1.165, 1.54) is 25.0 Å². The van der Waals surface area contributed by atoms with Crippen LogP contribution < -0.4 is 5.32 Å². The first-order valence-corrected chi connectivity index (χ1v) is 8.34. The fraction of sp³-hybridized carbons (Fsp3) is 0.667. The van der Waals surface area contributed by atoms with Gasteiger partial charge in [-0.2, -0.15) is 11.8 Å². The maximum atomic E-state index is 11.9. The predicted molar refractivity (Wildman–Crippen MR) is 82.7 cm³/mol. The summed E-state index contributed by atoms with van der Waals surface area (Å²) < 4.78 is 5.20. The number of carbonyl (C=O) groups excluding carboxylic acids is 1. The molecule has 1 aromatic heterocycles. The Kier molecular flexibility index (Phi) is 5.98. The van der Waals surface area contributed by atoms with Gasteiger partial charge in [-0.1, -0.05) is 6.92 Å². The van der Waals surface area contributed by atoms with Crippen LogP contribution >= 0.6 is 11.8 Å². The number of hydrogen-bond donors (Lipinski definition) is 1. The average molecular weight is 296 g/mol. The van der Waals surface area contributed by atoms with Crippen LogP contribution in [-0.4, -0.2) is 41.4 Å². The van der Waals surface area contributed by atoms with E-state index in [1.807, 2.05) is 23.9 Å². The van der Waals surface area contributed by atoms with Crippen LogP contribution in [0.3, 0.4) is 0 Å². The van der Waals surface area contributed by atoms with E-state index < -0.39 is 0 Å². The van der Waals surface area contributed by atoms with E-state index in [-0.39, 0.29) is 5.91 Å². The Bertz CT molecular complexity index is 408. The van der Waals surface area contributed by atoms with E-state index in [2.05, 4.69) is 24.2 Å². The monoisotopic (exact) mass is 296 g/mol. The van der Waals surface area contributed by atoms with Crippen LogP contribution in [0.25, 0.3) is 0 Å².